The molecule has 2 aromatic carbocycles. The number of aliphatic hydroxyl groups excluding tert-OH is 9. The number of rotatable bonds is 9. The van der Waals surface area contributed by atoms with Gasteiger partial charge in [0.05, 0.1) is 19.3 Å². The van der Waals surface area contributed by atoms with E-state index in [1.165, 1.54) is 31.2 Å². The highest BCUT2D eigenvalue weighted by molar-refractivity contribution is 5.88. The van der Waals surface area contributed by atoms with Gasteiger partial charge in [0.25, 0.3) is 0 Å². The average Bonchev–Trinajstić information content (AvgIpc) is 3.12. The maximum Gasteiger partial charge on any atom is 0.239 e. The van der Waals surface area contributed by atoms with Crippen LogP contribution in [-0.4, -0.2) is 167 Å². The van der Waals surface area contributed by atoms with Crippen LogP contribution < -0.4 is 10.2 Å². The van der Waals surface area contributed by atoms with Crippen LogP contribution in [0, 0.1) is 0 Å². The summed E-state index contributed by atoms with van der Waals surface area (Å²) in [6, 6.07) is 7.16. The molecule has 4 heterocycles. The molecule has 3 saturated heterocycles. The predicted molar refractivity (Wildman–Crippen MR) is 171 cm³/mol. The van der Waals surface area contributed by atoms with Crippen molar-refractivity contribution in [3.63, 3.8) is 0 Å². The molecule has 53 heavy (non-hydrogen) atoms. The summed E-state index contributed by atoms with van der Waals surface area (Å²) in [7, 11) is 0. The number of hydrogen-bond acceptors (Lipinski definition) is 20. The van der Waals surface area contributed by atoms with Crippen molar-refractivity contribution in [1.82, 2.24) is 0 Å². The minimum atomic E-state index is -2.01. The summed E-state index contributed by atoms with van der Waals surface area (Å²) < 4.78 is 39.2. The van der Waals surface area contributed by atoms with Crippen LogP contribution in [0.2, 0.25) is 0 Å². The zero-order valence-electron chi connectivity index (χ0n) is 27.7. The van der Waals surface area contributed by atoms with E-state index in [9.17, 15) is 66.1 Å². The summed E-state index contributed by atoms with van der Waals surface area (Å²) >= 11 is 0. The lowest BCUT2D eigenvalue weighted by atomic mass is 9.98. The van der Waals surface area contributed by atoms with Gasteiger partial charge in [0.15, 0.2) is 18.3 Å². The number of phenols is 3. The molecule has 3 aliphatic heterocycles. The lowest BCUT2D eigenvalue weighted by molar-refractivity contribution is -0.337. The molecule has 3 fully saturated rings. The molecule has 0 amide bonds. The maximum absolute atomic E-state index is 13.7. The second-order valence-corrected chi connectivity index (χ2v) is 13.0. The van der Waals surface area contributed by atoms with Crippen molar-refractivity contribution in [2.45, 2.75) is 99.0 Å². The first-order valence-corrected chi connectivity index (χ1v) is 16.4. The fraction of sp³-hybridized carbons (Fsp3) is 0.545. The number of fused-ring (bicyclic) bond motifs is 1. The van der Waals surface area contributed by atoms with Gasteiger partial charge in [-0.05, 0) is 31.2 Å². The van der Waals surface area contributed by atoms with E-state index in [1.54, 1.807) is 0 Å². The van der Waals surface area contributed by atoms with Crippen molar-refractivity contribution < 1.29 is 94.1 Å². The molecule has 15 atom stereocenters. The third-order valence-electron chi connectivity index (χ3n) is 9.28. The fourth-order valence-corrected chi connectivity index (χ4v) is 6.17. The van der Waals surface area contributed by atoms with Gasteiger partial charge in [-0.2, -0.15) is 0 Å². The number of phenolic OH excluding ortho intramolecular Hbond substituents is 3. The summed E-state index contributed by atoms with van der Waals surface area (Å²) in [5.41, 5.74) is -1.10. The Bertz CT molecular complexity index is 1790. The quantitative estimate of drug-likeness (QED) is 0.100. The van der Waals surface area contributed by atoms with E-state index >= 15 is 0 Å². The monoisotopic (exact) mass is 756 g/mol. The van der Waals surface area contributed by atoms with E-state index in [2.05, 4.69) is 0 Å². The number of ether oxygens (including phenoxy) is 6. The maximum atomic E-state index is 13.7. The zero-order chi connectivity index (χ0) is 38.5. The average molecular weight is 757 g/mol. The first kappa shape index (κ1) is 39.0. The van der Waals surface area contributed by atoms with E-state index < -0.39 is 133 Å². The van der Waals surface area contributed by atoms with Crippen LogP contribution in [-0.2, 0) is 23.7 Å². The summed E-state index contributed by atoms with van der Waals surface area (Å²) in [6.07, 6.45) is -25.2. The van der Waals surface area contributed by atoms with E-state index in [0.717, 1.165) is 12.1 Å². The van der Waals surface area contributed by atoms with Gasteiger partial charge in [-0.3, -0.25) is 4.79 Å². The van der Waals surface area contributed by atoms with Crippen molar-refractivity contribution in [1.29, 1.82) is 0 Å². The van der Waals surface area contributed by atoms with Crippen LogP contribution in [0.5, 0.6) is 23.0 Å². The number of hydrogen-bond donors (Lipinski definition) is 12. The molecule has 20 nitrogen and oxygen atoms in total. The van der Waals surface area contributed by atoms with Crippen LogP contribution in [0.25, 0.3) is 22.3 Å². The highest BCUT2D eigenvalue weighted by Crippen LogP contribution is 2.38. The molecule has 0 radical (unpaired) electrons. The van der Waals surface area contributed by atoms with Gasteiger partial charge in [-0.15, -0.1) is 0 Å². The van der Waals surface area contributed by atoms with E-state index in [0.29, 0.717) is 0 Å². The van der Waals surface area contributed by atoms with Crippen LogP contribution in [0.3, 0.4) is 0 Å². The molecule has 3 aliphatic rings. The Morgan fingerprint density at radius 2 is 1.11 bits per heavy atom. The predicted octanol–water partition coefficient (Wildman–Crippen LogP) is -3.57. The van der Waals surface area contributed by atoms with Crippen molar-refractivity contribution in [3.8, 4) is 34.3 Å². The molecule has 0 spiro atoms. The van der Waals surface area contributed by atoms with Gasteiger partial charge in [0, 0.05) is 17.7 Å². The van der Waals surface area contributed by atoms with Crippen molar-refractivity contribution in [3.05, 3.63) is 46.6 Å². The van der Waals surface area contributed by atoms with Gasteiger partial charge >= 0.3 is 0 Å². The Balaban J connectivity index is 1.19. The molecule has 6 rings (SSSR count). The molecule has 12 N–H and O–H groups in total. The second-order valence-electron chi connectivity index (χ2n) is 13.0. The minimum absolute atomic E-state index is 0.138. The number of aliphatic hydroxyl groups is 9. The van der Waals surface area contributed by atoms with E-state index in [4.69, 9.17) is 32.8 Å². The minimum Gasteiger partial charge on any atom is -0.508 e. The Hall–Kier alpha value is -3.71. The molecule has 0 aliphatic carbocycles. The molecular formula is C33H40O20. The van der Waals surface area contributed by atoms with Crippen LogP contribution in [0.15, 0.2) is 45.6 Å². The number of benzene rings is 2. The van der Waals surface area contributed by atoms with Gasteiger partial charge in [-0.1, -0.05) is 0 Å². The summed E-state index contributed by atoms with van der Waals surface area (Å²) in [5, 5.41) is 124. The van der Waals surface area contributed by atoms with Crippen LogP contribution >= 0.6 is 0 Å². The standard InChI is InChI=1S/C33H40O20/c1-10-19(37)23(41)26(44)31(49-10)47-8-16-20(38)24(42)27(45)32(51-16)48-9-17-21(39)25(43)28(46)33(52-17)53-30-22(40)18-14(36)6-13(35)7-15(18)50-29(30)11-2-4-12(34)5-3-11/h2-7,10,16-17,19-21,23-28,31-39,41-46H,8-9H2,1H3/t10-,16-,17-,19-,20-,21+,23+,24+,25+,26+,27-,28-,31-,32-,33+/m0/s1. The SMILES string of the molecule is C[C@@H]1O[C@H](OC[C@@H]2O[C@H](OC[C@@H]3O[C@H](Oc4c(-c5ccc(O)cc5)oc5cc(O)cc(O)c5c4=O)[C@@H](O)[C@H](O)[C@@H]3O)[C@@H](O)[C@H](O)[C@H]2O)[C@H](O)[C@H](O)[C@H]1O. The second kappa shape index (κ2) is 15.6. The Morgan fingerprint density at radius 1 is 0.604 bits per heavy atom. The summed E-state index contributed by atoms with van der Waals surface area (Å²) in [6.45, 7) is 0.104. The lowest BCUT2D eigenvalue weighted by Gasteiger charge is -2.43. The van der Waals surface area contributed by atoms with Crippen LogP contribution in [0.1, 0.15) is 6.92 Å². The van der Waals surface area contributed by atoms with Crippen molar-refractivity contribution in [2.75, 3.05) is 13.2 Å². The Morgan fingerprint density at radius 3 is 1.70 bits per heavy atom. The zero-order valence-corrected chi connectivity index (χ0v) is 27.7. The Kier molecular flexibility index (Phi) is 11.5. The summed E-state index contributed by atoms with van der Waals surface area (Å²) in [5.74, 6) is -2.21. The molecular weight excluding hydrogens is 716 g/mol. The van der Waals surface area contributed by atoms with Gasteiger partial charge in [-0.25, -0.2) is 0 Å². The van der Waals surface area contributed by atoms with Gasteiger partial charge in [0.2, 0.25) is 17.5 Å². The number of aromatic hydroxyl groups is 3. The summed E-state index contributed by atoms with van der Waals surface area (Å²) in [4.78, 5) is 13.7. The van der Waals surface area contributed by atoms with Crippen LogP contribution in [0.4, 0.5) is 0 Å². The van der Waals surface area contributed by atoms with Crippen molar-refractivity contribution in [2.24, 2.45) is 0 Å². The third-order valence-corrected chi connectivity index (χ3v) is 9.28. The molecule has 3 aromatic rings. The fourth-order valence-electron chi connectivity index (χ4n) is 6.17. The van der Waals surface area contributed by atoms with E-state index in [1.807, 2.05) is 0 Å². The third kappa shape index (κ3) is 7.65. The first-order chi connectivity index (χ1) is 25.1. The highest BCUT2D eigenvalue weighted by Gasteiger charge is 2.49. The highest BCUT2D eigenvalue weighted by atomic mass is 16.7. The van der Waals surface area contributed by atoms with E-state index in [-0.39, 0.29) is 22.7 Å². The molecule has 0 unspecified atom stereocenters. The molecule has 0 saturated carbocycles. The molecule has 20 heteroatoms. The Labute approximate surface area is 298 Å². The molecule has 292 valence electrons. The normalized spacial score (nSPS) is 37.8. The first-order valence-electron chi connectivity index (χ1n) is 16.4. The lowest BCUT2D eigenvalue weighted by Crippen LogP contribution is -2.62. The van der Waals surface area contributed by atoms with Gasteiger partial charge in [0.1, 0.15) is 95.4 Å². The molecule has 0 bridgehead atoms. The smallest absolute Gasteiger partial charge is 0.239 e. The van der Waals surface area contributed by atoms with Gasteiger partial charge < -0.3 is 94.1 Å². The topological polar surface area (TPSA) is 328 Å². The largest absolute Gasteiger partial charge is 0.508 e. The van der Waals surface area contributed by atoms with Crippen molar-refractivity contribution >= 4 is 11.0 Å². The molecule has 1 aromatic heterocycles.